The quantitative estimate of drug-likeness (QED) is 0.0155. The molecule has 133 heavy (non-hydrogen) atoms. The van der Waals surface area contributed by atoms with Crippen LogP contribution in [0.5, 0.6) is 17.6 Å². The topological polar surface area (TPSA) is 516 Å². The molecule has 9 N–H and O–H groups in total. The maximum Gasteiger partial charge on any atom is 0.341 e. The molecule has 0 spiro atoms. The summed E-state index contributed by atoms with van der Waals surface area (Å²) in [6, 6.07) is 45.1. The molecule has 6 saturated heterocycles. The molecule has 0 bridgehead atoms. The molecule has 15 unspecified atom stereocenters. The number of fused-ring (bicyclic) bond motifs is 6. The van der Waals surface area contributed by atoms with Gasteiger partial charge in [-0.1, -0.05) is 129 Å². The van der Waals surface area contributed by atoms with E-state index in [1.54, 1.807) is 33.3 Å². The number of pyridine rings is 3. The highest BCUT2D eigenvalue weighted by Gasteiger charge is 2.57. The first-order chi connectivity index (χ1) is 65.0. The molecule has 15 heterocycles. The van der Waals surface area contributed by atoms with Gasteiger partial charge in [0, 0.05) is 55.8 Å². The second-order valence-electron chi connectivity index (χ2n) is 30.7. The Kier molecular flexibility index (Phi) is 28.1. The summed E-state index contributed by atoms with van der Waals surface area (Å²) < 4.78 is 79.9. The van der Waals surface area contributed by atoms with Crippen LogP contribution in [0.4, 0.5) is 31.8 Å². The zero-order valence-corrected chi connectivity index (χ0v) is 71.5. The third kappa shape index (κ3) is 20.5. The number of unbranched alkanes of at least 4 members (excludes halogenated alkanes) is 2. The third-order valence-corrected chi connectivity index (χ3v) is 22.0. The van der Waals surface area contributed by atoms with Crippen molar-refractivity contribution in [3.8, 4) is 40.6 Å². The fraction of sp³-hybridized carbons (Fsp3) is 0.319. The molecule has 0 radical (unpaired) electrons. The largest absolute Gasteiger partial charge is 0.477 e. The number of ether oxygens (including phenoxy) is 12. The number of aromatic nitrogens is 15. The third-order valence-electron chi connectivity index (χ3n) is 22.0. The first kappa shape index (κ1) is 89.8. The number of carboxylic acid groups (broad SMARTS) is 3. The van der Waals surface area contributed by atoms with Gasteiger partial charge in [0.25, 0.3) is 0 Å². The number of urea groups is 3. The van der Waals surface area contributed by atoms with Gasteiger partial charge in [0.15, 0.2) is 82.2 Å². The predicted molar refractivity (Wildman–Crippen MR) is 469 cm³/mol. The van der Waals surface area contributed by atoms with Crippen LogP contribution in [0.25, 0.3) is 44.6 Å². The van der Waals surface area contributed by atoms with E-state index in [2.05, 4.69) is 123 Å². The lowest BCUT2D eigenvalue weighted by Gasteiger charge is -2.22. The molecule has 9 aromatic heterocycles. The fourth-order valence-corrected chi connectivity index (χ4v) is 15.8. The van der Waals surface area contributed by atoms with E-state index in [9.17, 15) is 44.1 Å². The molecule has 15 atom stereocenters. The molecule has 0 aliphatic carbocycles. The van der Waals surface area contributed by atoms with Gasteiger partial charge >= 0.3 is 36.0 Å². The Morgan fingerprint density at radius 3 is 1.26 bits per heavy atom. The van der Waals surface area contributed by atoms with Crippen LogP contribution in [0.1, 0.15) is 119 Å². The Bertz CT molecular complexity index is 6360. The van der Waals surface area contributed by atoms with Crippen molar-refractivity contribution in [1.29, 1.82) is 0 Å². The zero-order chi connectivity index (χ0) is 91.9. The molecular weight excluding hydrogens is 1720 g/mol. The highest BCUT2D eigenvalue weighted by Crippen LogP contribution is 2.47. The minimum absolute atomic E-state index is 0.0185. The van der Waals surface area contributed by atoms with Crippen molar-refractivity contribution in [2.45, 2.75) is 145 Å². The van der Waals surface area contributed by atoms with Crippen molar-refractivity contribution in [2.24, 2.45) is 0 Å². The van der Waals surface area contributed by atoms with Gasteiger partial charge in [-0.05, 0) is 97.8 Å². The minimum Gasteiger partial charge on any atom is -0.477 e. The Hall–Kier alpha value is -15.2. The number of carboxylic acids is 3. The van der Waals surface area contributed by atoms with Gasteiger partial charge in [-0.2, -0.15) is 0 Å². The first-order valence-corrected chi connectivity index (χ1v) is 42.8. The lowest BCUT2D eigenvalue weighted by molar-refractivity contribution is -0.152. The monoisotopic (exact) mass is 1810 g/mol. The van der Waals surface area contributed by atoms with Gasteiger partial charge in [0.05, 0.1) is 19.0 Å². The van der Waals surface area contributed by atoms with Crippen molar-refractivity contribution in [3.05, 3.63) is 242 Å². The minimum atomic E-state index is -1.17. The number of aromatic carboxylic acids is 3. The number of hydrogen-bond donors (Lipinski definition) is 9. The van der Waals surface area contributed by atoms with E-state index < -0.39 is 122 Å². The number of rotatable bonds is 29. The van der Waals surface area contributed by atoms with E-state index >= 15 is 0 Å². The van der Waals surface area contributed by atoms with Crippen LogP contribution < -0.4 is 46.1 Å². The van der Waals surface area contributed by atoms with E-state index in [4.69, 9.17) is 56.8 Å². The highest BCUT2D eigenvalue weighted by molar-refractivity contribution is 5.98. The van der Waals surface area contributed by atoms with Crippen LogP contribution in [0.15, 0.2) is 208 Å². The molecule has 19 rings (SSSR count). The summed E-state index contributed by atoms with van der Waals surface area (Å²) in [6.45, 7) is 6.97. The van der Waals surface area contributed by atoms with E-state index in [0.29, 0.717) is 59.5 Å². The molecular formula is C91H89N21O21. The molecule has 6 aliphatic rings. The molecule has 684 valence electrons. The summed E-state index contributed by atoms with van der Waals surface area (Å²) >= 11 is 0. The van der Waals surface area contributed by atoms with Crippen LogP contribution >= 0.6 is 0 Å². The lowest BCUT2D eigenvalue weighted by Crippen LogP contribution is -2.33. The summed E-state index contributed by atoms with van der Waals surface area (Å²) in [7, 11) is 0. The average Bonchev–Trinajstić information content (AvgIpc) is 1.60. The summed E-state index contributed by atoms with van der Waals surface area (Å²) in [5.74, 6) is 3.21. The highest BCUT2D eigenvalue weighted by atomic mass is 16.8. The van der Waals surface area contributed by atoms with E-state index in [1.807, 2.05) is 110 Å². The van der Waals surface area contributed by atoms with Crippen molar-refractivity contribution < 1.29 is 101 Å². The molecule has 6 fully saturated rings. The molecule has 0 saturated carbocycles. The number of carbonyl (C=O) groups excluding carboxylic acids is 3. The summed E-state index contributed by atoms with van der Waals surface area (Å²) in [5.41, 5.74) is 7.06. The number of nitrogens with zero attached hydrogens (tertiary/aromatic N) is 15. The summed E-state index contributed by atoms with van der Waals surface area (Å²) in [5, 5.41) is 44.9. The van der Waals surface area contributed by atoms with Gasteiger partial charge in [0.2, 0.25) is 23.9 Å². The summed E-state index contributed by atoms with van der Waals surface area (Å²) in [4.78, 5) is 123. The van der Waals surface area contributed by atoms with E-state index in [-0.39, 0.29) is 77.6 Å². The Morgan fingerprint density at radius 2 is 0.805 bits per heavy atom. The molecule has 13 aromatic rings. The molecule has 6 aliphatic heterocycles. The normalized spacial score (nSPS) is 22.3. The molecule has 4 aromatic carbocycles. The van der Waals surface area contributed by atoms with Gasteiger partial charge in [0.1, 0.15) is 110 Å². The van der Waals surface area contributed by atoms with Crippen molar-refractivity contribution >= 4 is 86.9 Å². The fourth-order valence-electron chi connectivity index (χ4n) is 15.8. The van der Waals surface area contributed by atoms with Crippen LogP contribution in [-0.4, -0.2) is 232 Å². The number of imidazole rings is 3. The number of amides is 6. The Labute approximate surface area is 756 Å². The second kappa shape index (κ2) is 41.7. The Balaban J connectivity index is 0.000000140. The van der Waals surface area contributed by atoms with Crippen LogP contribution in [-0.2, 0) is 49.1 Å². The van der Waals surface area contributed by atoms with Crippen LogP contribution in [0.3, 0.4) is 0 Å². The van der Waals surface area contributed by atoms with E-state index in [1.165, 1.54) is 80.3 Å². The molecule has 42 nitrogen and oxygen atoms in total. The number of carbonyl (C=O) groups is 6. The molecule has 42 heteroatoms. The van der Waals surface area contributed by atoms with Gasteiger partial charge in [-0.25, -0.2) is 88.6 Å². The van der Waals surface area contributed by atoms with Crippen molar-refractivity contribution in [2.75, 3.05) is 55.4 Å². The van der Waals surface area contributed by atoms with Gasteiger partial charge in [-0.15, -0.1) is 0 Å². The number of hydrogen-bond acceptors (Lipinski definition) is 30. The van der Waals surface area contributed by atoms with Gasteiger partial charge in [-0.3, -0.25) is 29.7 Å². The number of aryl methyl sites for hydroxylation is 1. The SMILES string of the molecule is CCCCCNC(=O)Nc1ncnc2c1ncn2C1OC(COc2ncccc2C(=O)O)C2OC(c3ccc(-c4ccccc4)cc3)OC21.CCNC(=O)Nc1ncnc2c1ncn2C1OC(COc2ncccc2C(=O)O)C2OC(C#Cc3ccccc3)OC21.CCNC(=O)Nc1ncnc2c1ncn2C1OC(COc2ncccc2C(=O)O)C2OC(CCc3ccccc3)OC21. The average molecular weight is 1810 g/mol. The summed E-state index contributed by atoms with van der Waals surface area (Å²) in [6.07, 6.45) is 7.39. The van der Waals surface area contributed by atoms with E-state index in [0.717, 1.165) is 53.5 Å². The number of nitrogens with one attached hydrogen (secondary N) is 6. The lowest BCUT2D eigenvalue weighted by atomic mass is 10.0. The maximum atomic E-state index is 12.6. The number of benzene rings is 4. The first-order valence-electron chi connectivity index (χ1n) is 42.8. The smallest absolute Gasteiger partial charge is 0.341 e. The van der Waals surface area contributed by atoms with Gasteiger partial charge < -0.3 is 88.1 Å². The van der Waals surface area contributed by atoms with Crippen LogP contribution in [0, 0.1) is 11.8 Å². The second-order valence-corrected chi connectivity index (χ2v) is 30.7. The maximum absolute atomic E-state index is 12.6. The Morgan fingerprint density at radius 1 is 0.406 bits per heavy atom. The molecule has 6 amide bonds. The zero-order valence-electron chi connectivity index (χ0n) is 71.5. The van der Waals surface area contributed by atoms with Crippen molar-refractivity contribution in [3.63, 3.8) is 0 Å². The van der Waals surface area contributed by atoms with Crippen molar-refractivity contribution in [1.82, 2.24) is 89.5 Å². The number of anilines is 3. The van der Waals surface area contributed by atoms with Crippen LogP contribution in [0.2, 0.25) is 0 Å². The predicted octanol–water partition coefficient (Wildman–Crippen LogP) is 10.3. The standard InChI is InChI=1S/C35H35N7O7.C28H29N7O7.C28H25N7O7/c1-2-3-7-16-37-35(45)41-29-26-30(39-19-38-29)42(20-40-26)32-28-27(25(47-32)18-46-31-24(33(43)44)11-8-17-36-31)48-34(49-28)23-14-12-22(13-15-23)21-9-5-4-6-10-21;2*1-2-29-28(38)34-23-20-24(32-14-31-23)35(15-33-20)26-22-21(41-19(42-22)11-10-16-7-4-3-5-8-16)18(40-26)13-39-25-17(27(36)37)9-6-12-30-25/h4-6,8-15,17,19-20,25,27-28,32,34H,2-3,7,16,18H2,1H3,(H,43,44)(H2,37,38,39,41,45);3-9,12,14-15,18-19,21-22,26H,2,10-11,13H2,1H3,(H,36,37)(H2,29,31,32,34,38);3-9,12,14-15,18-19,21-22,26H,2,13H2,1H3,(H,36,37)(H2,29,31,32,34,38).